The Bertz CT molecular complexity index is 7840. The molecule has 0 aliphatic heterocycles. The van der Waals surface area contributed by atoms with Crippen LogP contribution < -0.4 is 0 Å². The largest absolute Gasteiger partial charge is 0.456 e. The maximum absolute atomic E-state index is 6.17. The molecule has 0 radical (unpaired) electrons. The summed E-state index contributed by atoms with van der Waals surface area (Å²) in [5, 5.41) is 14.7. The Morgan fingerprint density at radius 3 is 1.13 bits per heavy atom. The first-order chi connectivity index (χ1) is 59.0. The van der Waals surface area contributed by atoms with Crippen molar-refractivity contribution in [1.29, 1.82) is 0 Å². The lowest BCUT2D eigenvalue weighted by atomic mass is 9.96. The van der Waals surface area contributed by atoms with E-state index < -0.39 is 0 Å². The molecule has 24 rings (SSSR count). The minimum atomic E-state index is 0.946. The molecule has 5 nitrogen and oxygen atoms in total. The molecule has 0 aliphatic rings. The molecule has 120 heavy (non-hydrogen) atoms. The molecule has 6 heteroatoms. The van der Waals surface area contributed by atoms with Crippen molar-refractivity contribution >= 4 is 141 Å². The minimum absolute atomic E-state index is 0.946. The maximum atomic E-state index is 6.17. The highest BCUT2D eigenvalue weighted by Crippen LogP contribution is 2.44. The second-order valence-electron chi connectivity index (χ2n) is 30.8. The normalized spacial score (nSPS) is 11.2. The number of fused-ring (bicyclic) bond motifs is 18. The van der Waals surface area contributed by atoms with Gasteiger partial charge < -0.3 is 22.1 Å². The SMILES string of the molecule is Cc1ccc(-c2ccc3sc4ccccc4c3c2)cc1.Cc1ccc(-c2cccc3oc4ccccc4c23)cc1.Cc1ccc(-c2ccccc2)c2c1oc1ccccc12.Cc1cccc(-c2cccc3oc4ccccc4c23)c1.Cc1cccc2c1oc1c(-c3ccccc3)cccc12.Cc1ccccc1-c1cccc2oc3ccccc3c12. The topological polar surface area (TPSA) is 65.7 Å². The van der Waals surface area contributed by atoms with E-state index in [1.165, 1.54) is 169 Å². The average Bonchev–Trinajstić information content (AvgIpc) is 1.58. The second-order valence-corrected chi connectivity index (χ2v) is 31.8. The first-order valence-corrected chi connectivity index (χ1v) is 41.6. The van der Waals surface area contributed by atoms with Crippen molar-refractivity contribution in [3.05, 3.63) is 434 Å². The molecule has 0 spiro atoms. The van der Waals surface area contributed by atoms with Gasteiger partial charge in [-0.2, -0.15) is 0 Å². The van der Waals surface area contributed by atoms with Gasteiger partial charge in [0.1, 0.15) is 55.8 Å². The van der Waals surface area contributed by atoms with Gasteiger partial charge in [-0.15, -0.1) is 11.3 Å². The van der Waals surface area contributed by atoms with Crippen LogP contribution in [-0.4, -0.2) is 0 Å². The number of rotatable bonds is 6. The Balaban J connectivity index is 0.0000000952. The number of benzene rings is 18. The molecule has 6 aromatic heterocycles. The Morgan fingerprint density at radius 2 is 0.542 bits per heavy atom. The number of para-hydroxylation sites is 6. The fraction of sp³-hybridized carbons (Fsp3) is 0.0526. The minimum Gasteiger partial charge on any atom is -0.456 e. The number of thiophene rings is 1. The molecule has 0 saturated heterocycles. The van der Waals surface area contributed by atoms with Crippen LogP contribution in [0.4, 0.5) is 0 Å². The molecule has 18 aromatic carbocycles. The summed E-state index contributed by atoms with van der Waals surface area (Å²) in [5.41, 5.74) is 31.9. The third-order valence-corrected chi connectivity index (χ3v) is 23.9. The summed E-state index contributed by atoms with van der Waals surface area (Å²) in [6.45, 7) is 12.7. The van der Waals surface area contributed by atoms with Crippen molar-refractivity contribution in [3.63, 3.8) is 0 Å². The molecule has 0 bridgehead atoms. The van der Waals surface area contributed by atoms with Gasteiger partial charge in [-0.3, -0.25) is 0 Å². The van der Waals surface area contributed by atoms with E-state index in [1.54, 1.807) is 0 Å². The van der Waals surface area contributed by atoms with Crippen LogP contribution in [0, 0.1) is 41.5 Å². The zero-order valence-electron chi connectivity index (χ0n) is 67.6. The lowest BCUT2D eigenvalue weighted by molar-refractivity contribution is 0.665. The molecule has 6 heterocycles. The second kappa shape index (κ2) is 33.1. The predicted octanol–water partition coefficient (Wildman–Crippen LogP) is 33.8. The fourth-order valence-corrected chi connectivity index (χ4v) is 17.8. The summed E-state index contributed by atoms with van der Waals surface area (Å²) in [6.07, 6.45) is 0. The molecule has 0 unspecified atom stereocenters. The first kappa shape index (κ1) is 75.2. The summed E-state index contributed by atoms with van der Waals surface area (Å²) in [5.74, 6) is 0. The lowest BCUT2D eigenvalue weighted by Gasteiger charge is -2.07. The maximum Gasteiger partial charge on any atom is 0.143 e. The molecule has 0 fully saturated rings. The molecule has 0 amide bonds. The van der Waals surface area contributed by atoms with Crippen LogP contribution in [0.2, 0.25) is 0 Å². The Labute approximate surface area is 700 Å². The van der Waals surface area contributed by atoms with Crippen LogP contribution in [0.5, 0.6) is 0 Å². The third-order valence-electron chi connectivity index (χ3n) is 22.7. The number of hydrogen-bond acceptors (Lipinski definition) is 6. The van der Waals surface area contributed by atoms with Gasteiger partial charge >= 0.3 is 0 Å². The molecule has 0 saturated carbocycles. The fourth-order valence-electron chi connectivity index (χ4n) is 16.7. The Hall–Kier alpha value is -14.8. The van der Waals surface area contributed by atoms with Gasteiger partial charge in [0.2, 0.25) is 0 Å². The number of furan rings is 5. The van der Waals surface area contributed by atoms with E-state index in [-0.39, 0.29) is 0 Å². The van der Waals surface area contributed by atoms with Crippen molar-refractivity contribution in [2.24, 2.45) is 0 Å². The van der Waals surface area contributed by atoms with E-state index >= 15 is 0 Å². The van der Waals surface area contributed by atoms with Gasteiger partial charge in [-0.1, -0.05) is 356 Å². The highest BCUT2D eigenvalue weighted by Gasteiger charge is 2.19. The van der Waals surface area contributed by atoms with E-state index in [0.717, 1.165) is 61.4 Å². The molecular weight excluding hydrogens is 1480 g/mol. The van der Waals surface area contributed by atoms with E-state index in [0.29, 0.717) is 0 Å². The highest BCUT2D eigenvalue weighted by atomic mass is 32.1. The summed E-state index contributed by atoms with van der Waals surface area (Å²) in [6, 6.07) is 139. The van der Waals surface area contributed by atoms with Crippen LogP contribution in [0.1, 0.15) is 33.4 Å². The van der Waals surface area contributed by atoms with Crippen LogP contribution in [0.3, 0.4) is 0 Å². The van der Waals surface area contributed by atoms with Gasteiger partial charge in [-0.05, 0) is 180 Å². The summed E-state index contributed by atoms with van der Waals surface area (Å²) in [7, 11) is 0. The number of aryl methyl sites for hydroxylation is 6. The molecule has 576 valence electrons. The third kappa shape index (κ3) is 14.9. The van der Waals surface area contributed by atoms with Crippen LogP contribution >= 0.6 is 11.3 Å². The van der Waals surface area contributed by atoms with E-state index in [4.69, 9.17) is 22.1 Å². The van der Waals surface area contributed by atoms with Crippen molar-refractivity contribution in [3.8, 4) is 66.8 Å². The first-order valence-electron chi connectivity index (χ1n) is 40.8. The van der Waals surface area contributed by atoms with Gasteiger partial charge in [-0.25, -0.2) is 0 Å². The quantitative estimate of drug-likeness (QED) is 0.166. The molecule has 24 aromatic rings. The summed E-state index contributed by atoms with van der Waals surface area (Å²) < 4.78 is 32.8. The van der Waals surface area contributed by atoms with Crippen molar-refractivity contribution in [1.82, 2.24) is 0 Å². The van der Waals surface area contributed by atoms with Crippen LogP contribution in [0.25, 0.3) is 197 Å². The Kier molecular flexibility index (Phi) is 20.7. The van der Waals surface area contributed by atoms with Gasteiger partial charge in [0.05, 0.1) is 0 Å². The molecular formula is C114H84O5S. The average molecular weight is 1570 g/mol. The monoisotopic (exact) mass is 1560 g/mol. The molecule has 0 aliphatic carbocycles. The zero-order valence-corrected chi connectivity index (χ0v) is 68.4. The Morgan fingerprint density at radius 1 is 0.167 bits per heavy atom. The highest BCUT2D eigenvalue weighted by molar-refractivity contribution is 7.25. The van der Waals surface area contributed by atoms with E-state index in [9.17, 15) is 0 Å². The standard InChI is InChI=1S/5C19H14O.C19H14S/c1-13-6-4-7-14(12-13)15-9-5-11-18-19(15)16-8-2-3-10-17(16)20-18;1-13-7-2-3-8-14(13)15-10-6-12-18-19(15)16-9-4-5-11-17(16)20-18;1-13-9-11-14(12-10-13)15-6-4-8-18-19(15)16-5-2-3-7-17(16)20-18;1-13-7-5-11-16-17-12-6-10-15(19(17)20-18(13)16)14-8-3-2-4-9-14;1-13-11-12-15(14-7-3-2-4-8-14)18-16-9-5-6-10-17(16)20-19(13)18;1-13-6-8-14(9-7-13)15-10-11-19-17(12-15)16-4-2-3-5-18(16)20-19/h6*2-12H,1H3. The van der Waals surface area contributed by atoms with Crippen molar-refractivity contribution in [2.45, 2.75) is 41.5 Å². The number of hydrogen-bond donors (Lipinski definition) is 0. The summed E-state index contributed by atoms with van der Waals surface area (Å²) in [4.78, 5) is 0. The van der Waals surface area contributed by atoms with Crippen molar-refractivity contribution < 1.29 is 22.1 Å². The van der Waals surface area contributed by atoms with E-state index in [1.807, 2.05) is 90.2 Å². The smallest absolute Gasteiger partial charge is 0.143 e. The zero-order chi connectivity index (χ0) is 81.2. The van der Waals surface area contributed by atoms with Gasteiger partial charge in [0, 0.05) is 79.6 Å². The lowest BCUT2D eigenvalue weighted by Crippen LogP contribution is -1.83. The predicted molar refractivity (Wildman–Crippen MR) is 509 cm³/mol. The van der Waals surface area contributed by atoms with Crippen LogP contribution in [-0.2, 0) is 0 Å². The molecule has 0 N–H and O–H groups in total. The van der Waals surface area contributed by atoms with Gasteiger partial charge in [0.25, 0.3) is 0 Å². The van der Waals surface area contributed by atoms with E-state index in [2.05, 4.69) is 363 Å². The molecule has 0 atom stereocenters. The van der Waals surface area contributed by atoms with Crippen molar-refractivity contribution in [2.75, 3.05) is 0 Å². The van der Waals surface area contributed by atoms with Crippen LogP contribution in [0.15, 0.2) is 422 Å². The summed E-state index contributed by atoms with van der Waals surface area (Å²) >= 11 is 1.87. The van der Waals surface area contributed by atoms with Gasteiger partial charge in [0.15, 0.2) is 0 Å².